The van der Waals surface area contributed by atoms with Crippen LogP contribution in [0.4, 0.5) is 5.82 Å². The van der Waals surface area contributed by atoms with E-state index < -0.39 is 10.7 Å². The van der Waals surface area contributed by atoms with Crippen LogP contribution in [0.1, 0.15) is 6.92 Å². The molecular formula is C10H14N2O3S. The Bertz CT molecular complexity index is 369. The number of hydrogen-bond donors (Lipinski definition) is 2. The van der Waals surface area contributed by atoms with Gasteiger partial charge in [0.05, 0.1) is 6.61 Å². The van der Waals surface area contributed by atoms with Gasteiger partial charge in [-0.05, 0) is 19.1 Å². The van der Waals surface area contributed by atoms with Crippen molar-refractivity contribution in [2.24, 2.45) is 0 Å². The number of nitrogens with two attached hydrogens (primary N) is 1. The maximum atomic E-state index is 11.1. The lowest BCUT2D eigenvalue weighted by Gasteiger charge is -2.22. The molecule has 88 valence electrons. The van der Waals surface area contributed by atoms with Gasteiger partial charge < -0.3 is 15.6 Å². The van der Waals surface area contributed by atoms with E-state index in [1.54, 1.807) is 25.3 Å². The predicted octanol–water partition coefficient (Wildman–Crippen LogP) is 1.25. The van der Waals surface area contributed by atoms with E-state index in [2.05, 4.69) is 4.98 Å². The third-order valence-corrected chi connectivity index (χ3v) is 3.19. The van der Waals surface area contributed by atoms with Gasteiger partial charge in [0.2, 0.25) is 0 Å². The molecule has 0 saturated carbocycles. The van der Waals surface area contributed by atoms with E-state index in [4.69, 9.17) is 15.6 Å². The van der Waals surface area contributed by atoms with E-state index in [0.29, 0.717) is 5.82 Å². The Labute approximate surface area is 98.0 Å². The number of carboxylic acid groups (broad SMARTS) is 1. The molecule has 0 aromatic carbocycles. The smallest absolute Gasteiger partial charge is 0.322 e. The maximum absolute atomic E-state index is 11.1. The lowest BCUT2D eigenvalue weighted by atomic mass is 10.2. The van der Waals surface area contributed by atoms with Crippen LogP contribution in [0, 0.1) is 0 Å². The quantitative estimate of drug-likeness (QED) is 0.756. The normalized spacial score (nSPS) is 14.4. The summed E-state index contributed by atoms with van der Waals surface area (Å²) >= 11 is 1.19. The van der Waals surface area contributed by atoms with Gasteiger partial charge in [0, 0.05) is 18.2 Å². The molecule has 0 amide bonds. The molecule has 1 aromatic heterocycles. The summed E-state index contributed by atoms with van der Waals surface area (Å²) in [5, 5.41) is 9.13. The Morgan fingerprint density at radius 1 is 1.69 bits per heavy atom. The van der Waals surface area contributed by atoms with E-state index in [1.807, 2.05) is 0 Å². The van der Waals surface area contributed by atoms with Crippen molar-refractivity contribution in [3.8, 4) is 0 Å². The molecule has 1 heterocycles. The highest BCUT2D eigenvalue weighted by molar-refractivity contribution is 8.01. The molecule has 16 heavy (non-hydrogen) atoms. The molecule has 6 heteroatoms. The number of carboxylic acids is 1. The minimum Gasteiger partial charge on any atom is -0.480 e. The molecule has 0 saturated heterocycles. The molecule has 5 nitrogen and oxygen atoms in total. The van der Waals surface area contributed by atoms with Crippen LogP contribution < -0.4 is 5.73 Å². The van der Waals surface area contributed by atoms with Gasteiger partial charge in [0.25, 0.3) is 0 Å². The Kier molecular flexibility index (Phi) is 4.14. The first-order chi connectivity index (χ1) is 7.48. The zero-order valence-electron chi connectivity index (χ0n) is 9.14. The maximum Gasteiger partial charge on any atom is 0.322 e. The molecule has 0 aliphatic rings. The molecule has 3 N–H and O–H groups in total. The third kappa shape index (κ3) is 3.11. The van der Waals surface area contributed by atoms with Gasteiger partial charge in [-0.3, -0.25) is 4.79 Å². The largest absolute Gasteiger partial charge is 0.480 e. The summed E-state index contributed by atoms with van der Waals surface area (Å²) in [6.07, 6.45) is 1.55. The van der Waals surface area contributed by atoms with Gasteiger partial charge in [-0.1, -0.05) is 0 Å². The van der Waals surface area contributed by atoms with Crippen LogP contribution in [-0.2, 0) is 9.53 Å². The number of nitrogen functional groups attached to an aromatic ring is 1. The van der Waals surface area contributed by atoms with Crippen LogP contribution in [0.5, 0.6) is 0 Å². The summed E-state index contributed by atoms with van der Waals surface area (Å²) in [6, 6.07) is 3.38. The van der Waals surface area contributed by atoms with Crippen molar-refractivity contribution in [2.75, 3.05) is 19.5 Å². The van der Waals surface area contributed by atoms with Crippen molar-refractivity contribution < 1.29 is 14.6 Å². The number of nitrogens with zero attached hydrogens (tertiary/aromatic N) is 1. The van der Waals surface area contributed by atoms with Gasteiger partial charge in [-0.15, -0.1) is 11.8 Å². The summed E-state index contributed by atoms with van der Waals surface area (Å²) in [6.45, 7) is 1.73. The summed E-state index contributed by atoms with van der Waals surface area (Å²) in [7, 11) is 1.48. The average molecular weight is 242 g/mol. The Morgan fingerprint density at radius 3 is 2.81 bits per heavy atom. The molecule has 1 unspecified atom stereocenters. The highest BCUT2D eigenvalue weighted by Gasteiger charge is 2.34. The first kappa shape index (κ1) is 12.8. The number of methoxy groups -OCH3 is 1. The first-order valence-corrected chi connectivity index (χ1v) is 5.42. The molecule has 1 atom stereocenters. The number of hydrogen-bond acceptors (Lipinski definition) is 5. The standard InChI is InChI=1S/C10H14N2O3S/c1-10(6-15-2,9(13)14)16-7-3-4-8(11)12-5-7/h3-5H,6H2,1-2H3,(H2,11,12)(H,13,14). The number of rotatable bonds is 5. The van der Waals surface area contributed by atoms with Gasteiger partial charge in [-0.25, -0.2) is 4.98 Å². The van der Waals surface area contributed by atoms with Crippen molar-refractivity contribution in [2.45, 2.75) is 16.6 Å². The zero-order chi connectivity index (χ0) is 12.2. The molecule has 0 aliphatic heterocycles. The van der Waals surface area contributed by atoms with Gasteiger partial charge in [0.15, 0.2) is 0 Å². The minimum atomic E-state index is -1.02. The third-order valence-electron chi connectivity index (χ3n) is 1.97. The van der Waals surface area contributed by atoms with Crippen LogP contribution in [-0.4, -0.2) is 34.5 Å². The minimum absolute atomic E-state index is 0.122. The molecule has 0 radical (unpaired) electrons. The number of carbonyl (C=O) groups is 1. The average Bonchev–Trinajstić information content (AvgIpc) is 2.22. The van der Waals surface area contributed by atoms with E-state index in [1.165, 1.54) is 18.9 Å². The summed E-state index contributed by atoms with van der Waals surface area (Å²) in [5.41, 5.74) is 5.45. The van der Waals surface area contributed by atoms with Gasteiger partial charge >= 0.3 is 5.97 Å². The monoisotopic (exact) mass is 242 g/mol. The van der Waals surface area contributed by atoms with E-state index >= 15 is 0 Å². The number of aromatic nitrogens is 1. The number of pyridine rings is 1. The highest BCUT2D eigenvalue weighted by atomic mass is 32.2. The number of aliphatic carboxylic acids is 1. The lowest BCUT2D eigenvalue weighted by Crippen LogP contribution is -2.36. The molecule has 0 spiro atoms. The van der Waals surface area contributed by atoms with Crippen molar-refractivity contribution in [3.63, 3.8) is 0 Å². The molecule has 1 aromatic rings. The fourth-order valence-corrected chi connectivity index (χ4v) is 2.15. The van der Waals surface area contributed by atoms with Crippen LogP contribution in [0.25, 0.3) is 0 Å². The highest BCUT2D eigenvalue weighted by Crippen LogP contribution is 2.33. The van der Waals surface area contributed by atoms with Crippen molar-refractivity contribution >= 4 is 23.5 Å². The summed E-state index contributed by atoms with van der Waals surface area (Å²) in [5.74, 6) is -0.510. The van der Waals surface area contributed by atoms with Crippen molar-refractivity contribution in [1.82, 2.24) is 4.98 Å². The van der Waals surface area contributed by atoms with E-state index in [0.717, 1.165) is 4.90 Å². The van der Waals surface area contributed by atoms with Crippen LogP contribution in [0.3, 0.4) is 0 Å². The van der Waals surface area contributed by atoms with Gasteiger partial charge in [0.1, 0.15) is 10.6 Å². The SMILES string of the molecule is COCC(C)(Sc1ccc(N)nc1)C(=O)O. The molecular weight excluding hydrogens is 228 g/mol. The van der Waals surface area contributed by atoms with Crippen LogP contribution in [0.2, 0.25) is 0 Å². The van der Waals surface area contributed by atoms with Gasteiger partial charge in [-0.2, -0.15) is 0 Å². The number of anilines is 1. The van der Waals surface area contributed by atoms with Crippen molar-refractivity contribution in [1.29, 1.82) is 0 Å². The second kappa shape index (κ2) is 5.18. The second-order valence-corrected chi connectivity index (χ2v) is 5.07. The second-order valence-electron chi connectivity index (χ2n) is 3.49. The number of thioether (sulfide) groups is 1. The summed E-state index contributed by atoms with van der Waals surface area (Å²) in [4.78, 5) is 15.8. The van der Waals surface area contributed by atoms with Crippen LogP contribution >= 0.6 is 11.8 Å². The fourth-order valence-electron chi connectivity index (χ4n) is 1.12. The van der Waals surface area contributed by atoms with E-state index in [-0.39, 0.29) is 6.61 Å². The molecule has 0 fully saturated rings. The summed E-state index contributed by atoms with van der Waals surface area (Å²) < 4.78 is 3.90. The van der Waals surface area contributed by atoms with E-state index in [9.17, 15) is 4.79 Å². The Morgan fingerprint density at radius 2 is 2.38 bits per heavy atom. The molecule has 0 aliphatic carbocycles. The van der Waals surface area contributed by atoms with Crippen molar-refractivity contribution in [3.05, 3.63) is 18.3 Å². The van der Waals surface area contributed by atoms with Crippen LogP contribution in [0.15, 0.2) is 23.2 Å². The number of ether oxygens (including phenoxy) is 1. The molecule has 0 bridgehead atoms. The fraction of sp³-hybridized carbons (Fsp3) is 0.400. The predicted molar refractivity (Wildman–Crippen MR) is 62.4 cm³/mol. The lowest BCUT2D eigenvalue weighted by molar-refractivity contribution is -0.140. The first-order valence-electron chi connectivity index (χ1n) is 4.61. The topological polar surface area (TPSA) is 85.4 Å². The Hall–Kier alpha value is -1.27. The zero-order valence-corrected chi connectivity index (χ0v) is 9.95. The molecule has 1 rings (SSSR count). The Balaban J connectivity index is 2.83.